The zero-order chi connectivity index (χ0) is 9.97. The first-order valence-electron chi connectivity index (χ1n) is 4.23. The largest absolute Gasteiger partial charge is 0.115 e. The Kier molecular flexibility index (Phi) is 1.98. The average molecular weight is 175 g/mol. The molecule has 0 fully saturated rings. The Hall–Kier alpha value is -2.18. The maximum absolute atomic E-state index is 5.41. The fourth-order valence-corrected chi connectivity index (χ4v) is 1.43. The summed E-state index contributed by atoms with van der Waals surface area (Å²) in [7, 11) is 0. The first-order chi connectivity index (χ1) is 6.85. The summed E-state index contributed by atoms with van der Waals surface area (Å²) >= 11 is 0. The van der Waals surface area contributed by atoms with Gasteiger partial charge in [-0.15, -0.1) is 12.8 Å². The quantitative estimate of drug-likeness (QED) is 0.540. The second kappa shape index (κ2) is 3.29. The molecular formula is C14H7. The zero-order valence-corrected chi connectivity index (χ0v) is 7.54. The second-order valence-corrected chi connectivity index (χ2v) is 2.93. The van der Waals surface area contributed by atoms with Gasteiger partial charge in [0.25, 0.3) is 0 Å². The number of benzene rings is 2. The van der Waals surface area contributed by atoms with E-state index in [4.69, 9.17) is 12.8 Å². The van der Waals surface area contributed by atoms with Crippen molar-refractivity contribution in [2.75, 3.05) is 0 Å². The van der Waals surface area contributed by atoms with Crippen molar-refractivity contribution in [1.82, 2.24) is 0 Å². The third-order valence-corrected chi connectivity index (χ3v) is 2.09. The molecule has 1 radical (unpaired) electrons. The van der Waals surface area contributed by atoms with Crippen LogP contribution in [0.4, 0.5) is 0 Å². The molecule has 63 valence electrons. The SMILES string of the molecule is C#Cc1[c]c2ccccc2c(C#C)c1. The summed E-state index contributed by atoms with van der Waals surface area (Å²) in [6.07, 6.45) is 10.7. The Morgan fingerprint density at radius 3 is 2.57 bits per heavy atom. The van der Waals surface area contributed by atoms with Crippen LogP contribution in [0.3, 0.4) is 0 Å². The van der Waals surface area contributed by atoms with E-state index in [9.17, 15) is 0 Å². The first-order valence-corrected chi connectivity index (χ1v) is 4.23. The predicted octanol–water partition coefficient (Wildman–Crippen LogP) is 2.60. The van der Waals surface area contributed by atoms with Crippen molar-refractivity contribution in [3.05, 3.63) is 47.5 Å². The minimum atomic E-state index is 0.705. The molecule has 0 amide bonds. The van der Waals surface area contributed by atoms with Crippen LogP contribution in [-0.4, -0.2) is 0 Å². The smallest absolute Gasteiger partial charge is 0.0340 e. The summed E-state index contributed by atoms with van der Waals surface area (Å²) in [4.78, 5) is 0. The predicted molar refractivity (Wildman–Crippen MR) is 58.7 cm³/mol. The molecule has 0 heterocycles. The summed E-state index contributed by atoms with van der Waals surface area (Å²) in [6, 6.07) is 12.8. The van der Waals surface area contributed by atoms with Gasteiger partial charge in [-0.1, -0.05) is 36.1 Å². The van der Waals surface area contributed by atoms with Crippen molar-refractivity contribution in [3.8, 4) is 24.7 Å². The Bertz CT molecular complexity index is 563. The maximum atomic E-state index is 5.41. The second-order valence-electron chi connectivity index (χ2n) is 2.93. The van der Waals surface area contributed by atoms with E-state index >= 15 is 0 Å². The van der Waals surface area contributed by atoms with Crippen molar-refractivity contribution < 1.29 is 0 Å². The van der Waals surface area contributed by atoms with Crippen LogP contribution in [0.1, 0.15) is 11.1 Å². The van der Waals surface area contributed by atoms with Crippen molar-refractivity contribution in [2.45, 2.75) is 0 Å². The van der Waals surface area contributed by atoms with Gasteiger partial charge in [0, 0.05) is 17.2 Å². The summed E-state index contributed by atoms with van der Waals surface area (Å²) in [5, 5.41) is 1.99. The maximum Gasteiger partial charge on any atom is 0.0340 e. The highest BCUT2D eigenvalue weighted by atomic mass is 14.0. The first kappa shape index (κ1) is 8.42. The van der Waals surface area contributed by atoms with Crippen LogP contribution in [0, 0.1) is 30.8 Å². The van der Waals surface area contributed by atoms with Crippen molar-refractivity contribution in [3.63, 3.8) is 0 Å². The summed E-state index contributed by atoms with van der Waals surface area (Å²) in [5.74, 6) is 5.17. The molecule has 0 heteroatoms. The molecule has 0 saturated heterocycles. The monoisotopic (exact) mass is 175 g/mol. The van der Waals surface area contributed by atoms with E-state index in [1.165, 1.54) is 0 Å². The van der Waals surface area contributed by atoms with E-state index in [1.54, 1.807) is 0 Å². The molecular weight excluding hydrogens is 168 g/mol. The van der Waals surface area contributed by atoms with Crippen molar-refractivity contribution >= 4 is 10.8 Å². The Morgan fingerprint density at radius 1 is 1.07 bits per heavy atom. The highest BCUT2D eigenvalue weighted by Gasteiger charge is 2.00. The molecule has 0 aliphatic carbocycles. The van der Waals surface area contributed by atoms with Crippen LogP contribution < -0.4 is 0 Å². The molecule has 0 unspecified atom stereocenters. The lowest BCUT2D eigenvalue weighted by atomic mass is 10.0. The molecule has 0 N–H and O–H groups in total. The Morgan fingerprint density at radius 2 is 1.86 bits per heavy atom. The third-order valence-electron chi connectivity index (χ3n) is 2.09. The number of rotatable bonds is 0. The molecule has 0 nitrogen and oxygen atoms in total. The van der Waals surface area contributed by atoms with Gasteiger partial charge in [-0.3, -0.25) is 0 Å². The zero-order valence-electron chi connectivity index (χ0n) is 7.54. The van der Waals surface area contributed by atoms with E-state index in [2.05, 4.69) is 17.9 Å². The van der Waals surface area contributed by atoms with E-state index in [0.29, 0.717) is 5.56 Å². The topological polar surface area (TPSA) is 0 Å². The fraction of sp³-hybridized carbons (Fsp3) is 0. The van der Waals surface area contributed by atoms with E-state index < -0.39 is 0 Å². The standard InChI is InChI=1S/C14H7/c1-3-11-9-12(4-2)14-8-6-5-7-13(14)10-11/h1-2,5-9H. The summed E-state index contributed by atoms with van der Waals surface area (Å²) in [6.45, 7) is 0. The van der Waals surface area contributed by atoms with Gasteiger partial charge in [0.1, 0.15) is 0 Å². The van der Waals surface area contributed by atoms with Gasteiger partial charge < -0.3 is 0 Å². The lowest BCUT2D eigenvalue weighted by Crippen LogP contribution is -1.83. The Labute approximate surface area is 83.6 Å². The number of hydrogen-bond donors (Lipinski definition) is 0. The van der Waals surface area contributed by atoms with Gasteiger partial charge in [0.2, 0.25) is 0 Å². The normalized spacial score (nSPS) is 9.29. The molecule has 0 spiro atoms. The molecule has 2 aromatic carbocycles. The third kappa shape index (κ3) is 1.24. The van der Waals surface area contributed by atoms with Gasteiger partial charge in [-0.25, -0.2) is 0 Å². The van der Waals surface area contributed by atoms with E-state index in [0.717, 1.165) is 16.3 Å². The minimum Gasteiger partial charge on any atom is -0.115 e. The highest BCUT2D eigenvalue weighted by molar-refractivity contribution is 5.88. The lowest BCUT2D eigenvalue weighted by molar-refractivity contribution is 1.65. The van der Waals surface area contributed by atoms with Crippen LogP contribution in [0.15, 0.2) is 30.3 Å². The van der Waals surface area contributed by atoms with E-state index in [1.807, 2.05) is 30.3 Å². The highest BCUT2D eigenvalue weighted by Crippen LogP contribution is 2.19. The van der Waals surface area contributed by atoms with Crippen LogP contribution in [0.5, 0.6) is 0 Å². The number of fused-ring (bicyclic) bond motifs is 1. The molecule has 0 aliphatic rings. The molecule has 0 saturated carbocycles. The Balaban J connectivity index is 2.90. The van der Waals surface area contributed by atoms with Gasteiger partial charge in [0.05, 0.1) is 0 Å². The van der Waals surface area contributed by atoms with Crippen molar-refractivity contribution in [2.24, 2.45) is 0 Å². The van der Waals surface area contributed by atoms with Crippen LogP contribution >= 0.6 is 0 Å². The molecule has 0 bridgehead atoms. The van der Waals surface area contributed by atoms with Gasteiger partial charge >= 0.3 is 0 Å². The minimum absolute atomic E-state index is 0.705. The average Bonchev–Trinajstić information content (AvgIpc) is 2.27. The molecule has 2 aromatic rings. The van der Waals surface area contributed by atoms with E-state index in [-0.39, 0.29) is 0 Å². The molecule has 14 heavy (non-hydrogen) atoms. The van der Waals surface area contributed by atoms with Crippen molar-refractivity contribution in [1.29, 1.82) is 0 Å². The molecule has 0 aromatic heterocycles. The van der Waals surface area contributed by atoms with Crippen LogP contribution in [0.25, 0.3) is 10.8 Å². The van der Waals surface area contributed by atoms with Crippen LogP contribution in [0.2, 0.25) is 0 Å². The number of terminal acetylenes is 2. The molecule has 0 atom stereocenters. The lowest BCUT2D eigenvalue weighted by Gasteiger charge is -2.01. The van der Waals surface area contributed by atoms with Gasteiger partial charge in [-0.05, 0) is 16.8 Å². The summed E-state index contributed by atoms with van der Waals surface area (Å²) in [5.41, 5.74) is 1.53. The van der Waals surface area contributed by atoms with Crippen LogP contribution in [-0.2, 0) is 0 Å². The summed E-state index contributed by atoms with van der Waals surface area (Å²) < 4.78 is 0. The molecule has 2 rings (SSSR count). The van der Waals surface area contributed by atoms with Gasteiger partial charge in [0.15, 0.2) is 0 Å². The van der Waals surface area contributed by atoms with Gasteiger partial charge in [-0.2, -0.15) is 0 Å². The number of hydrogen-bond acceptors (Lipinski definition) is 0. The fourth-order valence-electron chi connectivity index (χ4n) is 1.43. The molecule has 0 aliphatic heterocycles.